The van der Waals surface area contributed by atoms with Crippen molar-refractivity contribution in [2.45, 2.75) is 13.1 Å². The van der Waals surface area contributed by atoms with Crippen LogP contribution in [0.2, 0.25) is 10.0 Å². The number of imidazole rings is 1. The van der Waals surface area contributed by atoms with Gasteiger partial charge in [-0.05, 0) is 47.5 Å². The SMILES string of the molecule is O=c1n(Cc2ccc(Cl)cc2)c2ccccc2n1Cc1ccc(Cl)cc1. The van der Waals surface area contributed by atoms with Crippen molar-refractivity contribution < 1.29 is 0 Å². The number of aromatic nitrogens is 2. The molecule has 0 atom stereocenters. The number of fused-ring (bicyclic) bond motifs is 1. The number of para-hydroxylation sites is 2. The van der Waals surface area contributed by atoms with Crippen molar-refractivity contribution >= 4 is 34.2 Å². The Morgan fingerprint density at radius 1 is 0.615 bits per heavy atom. The molecule has 0 aliphatic heterocycles. The topological polar surface area (TPSA) is 26.9 Å². The molecule has 4 rings (SSSR count). The Balaban J connectivity index is 1.79. The predicted molar refractivity (Wildman–Crippen MR) is 107 cm³/mol. The summed E-state index contributed by atoms with van der Waals surface area (Å²) in [4.78, 5) is 13.1. The van der Waals surface area contributed by atoms with Crippen molar-refractivity contribution in [1.82, 2.24) is 9.13 Å². The van der Waals surface area contributed by atoms with E-state index in [1.165, 1.54) is 0 Å². The largest absolute Gasteiger partial charge is 0.329 e. The Morgan fingerprint density at radius 2 is 1.00 bits per heavy atom. The van der Waals surface area contributed by atoms with Crippen LogP contribution in [-0.4, -0.2) is 9.13 Å². The minimum Gasteiger partial charge on any atom is -0.287 e. The molecule has 0 aliphatic carbocycles. The van der Waals surface area contributed by atoms with Crippen LogP contribution in [-0.2, 0) is 13.1 Å². The van der Waals surface area contributed by atoms with Crippen LogP contribution in [0.5, 0.6) is 0 Å². The zero-order chi connectivity index (χ0) is 18.1. The van der Waals surface area contributed by atoms with Crippen LogP contribution in [0.25, 0.3) is 11.0 Å². The molecular weight excluding hydrogens is 367 g/mol. The van der Waals surface area contributed by atoms with Crippen molar-refractivity contribution in [2.75, 3.05) is 0 Å². The van der Waals surface area contributed by atoms with Gasteiger partial charge in [-0.15, -0.1) is 0 Å². The van der Waals surface area contributed by atoms with Gasteiger partial charge in [-0.3, -0.25) is 9.13 Å². The highest BCUT2D eigenvalue weighted by atomic mass is 35.5. The third kappa shape index (κ3) is 3.28. The molecule has 0 saturated carbocycles. The second kappa shape index (κ2) is 7.02. The van der Waals surface area contributed by atoms with Crippen LogP contribution in [0, 0.1) is 0 Å². The van der Waals surface area contributed by atoms with E-state index in [2.05, 4.69) is 0 Å². The molecule has 130 valence electrons. The number of halogens is 2. The Labute approximate surface area is 161 Å². The maximum atomic E-state index is 13.1. The third-order valence-corrected chi connectivity index (χ3v) is 4.94. The Morgan fingerprint density at radius 3 is 1.38 bits per heavy atom. The Bertz CT molecular complexity index is 1020. The molecule has 0 aliphatic rings. The molecule has 0 unspecified atom stereocenters. The Hall–Kier alpha value is -2.49. The number of nitrogens with zero attached hydrogens (tertiary/aromatic N) is 2. The lowest BCUT2D eigenvalue weighted by molar-refractivity contribution is 0.701. The summed E-state index contributed by atoms with van der Waals surface area (Å²) in [5, 5.41) is 1.37. The van der Waals surface area contributed by atoms with Gasteiger partial charge in [0.25, 0.3) is 0 Å². The molecule has 0 fully saturated rings. The highest BCUT2D eigenvalue weighted by Crippen LogP contribution is 2.18. The lowest BCUT2D eigenvalue weighted by Crippen LogP contribution is -2.25. The molecule has 26 heavy (non-hydrogen) atoms. The normalized spacial score (nSPS) is 11.2. The van der Waals surface area contributed by atoms with Crippen LogP contribution in [0.1, 0.15) is 11.1 Å². The van der Waals surface area contributed by atoms with Gasteiger partial charge in [-0.25, -0.2) is 4.79 Å². The van der Waals surface area contributed by atoms with Crippen molar-refractivity contribution in [3.8, 4) is 0 Å². The van der Waals surface area contributed by atoms with Crippen molar-refractivity contribution in [3.63, 3.8) is 0 Å². The molecule has 5 heteroatoms. The van der Waals surface area contributed by atoms with Crippen LogP contribution < -0.4 is 5.69 Å². The minimum atomic E-state index is -0.0314. The van der Waals surface area contributed by atoms with Gasteiger partial charge in [-0.2, -0.15) is 0 Å². The predicted octanol–water partition coefficient (Wildman–Crippen LogP) is 5.21. The van der Waals surface area contributed by atoms with Gasteiger partial charge in [0.15, 0.2) is 0 Å². The first-order valence-corrected chi connectivity index (χ1v) is 9.04. The van der Waals surface area contributed by atoms with E-state index >= 15 is 0 Å². The zero-order valence-electron chi connectivity index (χ0n) is 13.9. The summed E-state index contributed by atoms with van der Waals surface area (Å²) in [5.74, 6) is 0. The molecule has 4 aromatic rings. The van der Waals surface area contributed by atoms with E-state index in [-0.39, 0.29) is 5.69 Å². The van der Waals surface area contributed by atoms with E-state index in [1.807, 2.05) is 72.8 Å². The number of hydrogen-bond acceptors (Lipinski definition) is 1. The standard InChI is InChI=1S/C21H16Cl2N2O/c22-17-9-5-15(6-10-17)13-24-19-3-1-2-4-20(19)25(21(24)26)14-16-7-11-18(23)12-8-16/h1-12H,13-14H2. The van der Waals surface area contributed by atoms with E-state index < -0.39 is 0 Å². The molecule has 0 saturated heterocycles. The van der Waals surface area contributed by atoms with Crippen molar-refractivity contribution in [1.29, 1.82) is 0 Å². The van der Waals surface area contributed by atoms with E-state index in [9.17, 15) is 4.79 Å². The van der Waals surface area contributed by atoms with Crippen LogP contribution in [0.4, 0.5) is 0 Å². The highest BCUT2D eigenvalue weighted by molar-refractivity contribution is 6.30. The van der Waals surface area contributed by atoms with Crippen LogP contribution >= 0.6 is 23.2 Å². The van der Waals surface area contributed by atoms with Gasteiger partial charge < -0.3 is 0 Å². The fourth-order valence-electron chi connectivity index (χ4n) is 3.12. The van der Waals surface area contributed by atoms with Gasteiger partial charge in [0.1, 0.15) is 0 Å². The van der Waals surface area contributed by atoms with Gasteiger partial charge in [0.2, 0.25) is 0 Å². The first kappa shape index (κ1) is 17.0. The third-order valence-electron chi connectivity index (χ3n) is 4.43. The molecule has 0 amide bonds. The van der Waals surface area contributed by atoms with Crippen molar-refractivity contribution in [3.05, 3.63) is 104 Å². The lowest BCUT2D eigenvalue weighted by atomic mass is 10.2. The molecular formula is C21H16Cl2N2O. The maximum Gasteiger partial charge on any atom is 0.329 e. The average molecular weight is 383 g/mol. The fraction of sp³-hybridized carbons (Fsp3) is 0.0952. The number of rotatable bonds is 4. The second-order valence-corrected chi connectivity index (χ2v) is 7.07. The summed E-state index contributed by atoms with van der Waals surface area (Å²) < 4.78 is 3.60. The molecule has 1 aromatic heterocycles. The zero-order valence-corrected chi connectivity index (χ0v) is 15.4. The fourth-order valence-corrected chi connectivity index (χ4v) is 3.37. The van der Waals surface area contributed by atoms with E-state index in [4.69, 9.17) is 23.2 Å². The van der Waals surface area contributed by atoms with Crippen LogP contribution in [0.15, 0.2) is 77.6 Å². The Kier molecular flexibility index (Phi) is 4.58. The van der Waals surface area contributed by atoms with Gasteiger partial charge in [-0.1, -0.05) is 59.6 Å². The van der Waals surface area contributed by atoms with E-state index in [0.717, 1.165) is 22.2 Å². The number of benzene rings is 3. The molecule has 3 nitrogen and oxygen atoms in total. The summed E-state index contributed by atoms with van der Waals surface area (Å²) in [6.07, 6.45) is 0. The molecule has 0 N–H and O–H groups in total. The van der Waals surface area contributed by atoms with Gasteiger partial charge in [0, 0.05) is 10.0 Å². The van der Waals surface area contributed by atoms with Crippen molar-refractivity contribution in [2.24, 2.45) is 0 Å². The molecule has 0 radical (unpaired) electrons. The maximum absolute atomic E-state index is 13.1. The van der Waals surface area contributed by atoms with E-state index in [0.29, 0.717) is 23.1 Å². The summed E-state index contributed by atoms with van der Waals surface area (Å²) in [5.41, 5.74) is 3.87. The summed E-state index contributed by atoms with van der Waals surface area (Å²) in [7, 11) is 0. The summed E-state index contributed by atoms with van der Waals surface area (Å²) in [6.45, 7) is 1.01. The minimum absolute atomic E-state index is 0.0314. The van der Waals surface area contributed by atoms with Gasteiger partial charge >= 0.3 is 5.69 Å². The highest BCUT2D eigenvalue weighted by Gasteiger charge is 2.13. The second-order valence-electron chi connectivity index (χ2n) is 6.20. The summed E-state index contributed by atoms with van der Waals surface area (Å²) in [6, 6.07) is 23.0. The molecule has 0 bridgehead atoms. The summed E-state index contributed by atoms with van der Waals surface area (Å²) >= 11 is 11.9. The monoisotopic (exact) mass is 382 g/mol. The quantitative estimate of drug-likeness (QED) is 0.476. The lowest BCUT2D eigenvalue weighted by Gasteiger charge is -2.04. The molecule has 3 aromatic carbocycles. The first-order valence-electron chi connectivity index (χ1n) is 8.29. The first-order chi connectivity index (χ1) is 12.6. The molecule has 1 heterocycles. The van der Waals surface area contributed by atoms with Crippen LogP contribution in [0.3, 0.4) is 0 Å². The van der Waals surface area contributed by atoms with E-state index in [1.54, 1.807) is 9.13 Å². The smallest absolute Gasteiger partial charge is 0.287 e. The average Bonchev–Trinajstić information content (AvgIpc) is 2.91. The van der Waals surface area contributed by atoms with Gasteiger partial charge in [0.05, 0.1) is 24.1 Å². The molecule has 0 spiro atoms. The number of hydrogen-bond donors (Lipinski definition) is 0.